The average Bonchev–Trinajstić information content (AvgIpc) is 3.18. The summed E-state index contributed by atoms with van der Waals surface area (Å²) in [4.78, 5) is 11.9. The molecule has 0 amide bonds. The van der Waals surface area contributed by atoms with Gasteiger partial charge in [-0.05, 0) is 45.6 Å². The third-order valence-corrected chi connectivity index (χ3v) is 4.43. The molecule has 0 radical (unpaired) electrons. The molecule has 23 heavy (non-hydrogen) atoms. The Bertz CT molecular complexity index is 820. The third kappa shape index (κ3) is 4.19. The molecule has 0 aliphatic carbocycles. The molecular formula is C15H10BrClN2O3S. The number of esters is 1. The summed E-state index contributed by atoms with van der Waals surface area (Å²) in [7, 11) is 0. The number of nitrogens with zero attached hydrogens (tertiary/aromatic N) is 2. The fraction of sp³-hybridized carbons (Fsp3) is 0.133. The van der Waals surface area contributed by atoms with Gasteiger partial charge in [-0.1, -0.05) is 11.6 Å². The zero-order chi connectivity index (χ0) is 16.2. The normalized spacial score (nSPS) is 10.7. The monoisotopic (exact) mass is 412 g/mol. The second kappa shape index (κ2) is 7.25. The van der Waals surface area contributed by atoms with E-state index in [9.17, 15) is 4.79 Å². The topological polar surface area (TPSA) is 65.2 Å². The molecule has 1 aromatic carbocycles. The van der Waals surface area contributed by atoms with Crippen LogP contribution in [0.4, 0.5) is 0 Å². The molecule has 0 spiro atoms. The Morgan fingerprint density at radius 2 is 2.22 bits per heavy atom. The fourth-order valence-electron chi connectivity index (χ4n) is 1.80. The quantitative estimate of drug-likeness (QED) is 0.446. The number of aryl methyl sites for hydroxylation is 1. The molecule has 0 aliphatic heterocycles. The summed E-state index contributed by atoms with van der Waals surface area (Å²) in [5.74, 6) is 0.889. The first-order valence-electron chi connectivity index (χ1n) is 6.62. The van der Waals surface area contributed by atoms with E-state index in [0.717, 1.165) is 5.56 Å². The lowest BCUT2D eigenvalue weighted by Crippen LogP contribution is -2.09. The number of hydrogen-bond acceptors (Lipinski definition) is 6. The SMILES string of the molecule is O=C(CCc1nnc(-c2ccsc2)o1)Oc1ccc(Cl)cc1Br. The Hall–Kier alpha value is -1.70. The lowest BCUT2D eigenvalue weighted by atomic mass is 10.3. The lowest BCUT2D eigenvalue weighted by molar-refractivity contribution is -0.134. The number of benzene rings is 1. The summed E-state index contributed by atoms with van der Waals surface area (Å²) < 4.78 is 11.4. The second-order valence-corrected chi connectivity index (χ2v) is 6.63. The van der Waals surface area contributed by atoms with E-state index >= 15 is 0 Å². The van der Waals surface area contributed by atoms with Gasteiger partial charge in [-0.2, -0.15) is 11.3 Å². The molecule has 2 heterocycles. The van der Waals surface area contributed by atoms with Crippen LogP contribution in [0, 0.1) is 0 Å². The predicted octanol–water partition coefficient (Wildman–Crippen LogP) is 4.75. The van der Waals surface area contributed by atoms with E-state index in [1.807, 2.05) is 16.8 Å². The van der Waals surface area contributed by atoms with Crippen molar-refractivity contribution < 1.29 is 13.9 Å². The van der Waals surface area contributed by atoms with E-state index in [1.165, 1.54) is 0 Å². The van der Waals surface area contributed by atoms with E-state index in [0.29, 0.717) is 33.4 Å². The zero-order valence-electron chi connectivity index (χ0n) is 11.7. The van der Waals surface area contributed by atoms with Crippen LogP contribution in [-0.4, -0.2) is 16.2 Å². The van der Waals surface area contributed by atoms with Gasteiger partial charge in [-0.25, -0.2) is 0 Å². The van der Waals surface area contributed by atoms with Gasteiger partial charge in [0.25, 0.3) is 0 Å². The minimum atomic E-state index is -0.386. The molecule has 0 aliphatic rings. The van der Waals surface area contributed by atoms with Crippen molar-refractivity contribution in [1.29, 1.82) is 0 Å². The number of thiophene rings is 1. The fourth-order valence-corrected chi connectivity index (χ4v) is 3.19. The van der Waals surface area contributed by atoms with Crippen LogP contribution in [0.25, 0.3) is 11.5 Å². The summed E-state index contributed by atoms with van der Waals surface area (Å²) >= 11 is 10.7. The molecule has 0 saturated carbocycles. The smallest absolute Gasteiger partial charge is 0.311 e. The largest absolute Gasteiger partial charge is 0.425 e. The van der Waals surface area contributed by atoms with Crippen LogP contribution in [0.2, 0.25) is 5.02 Å². The van der Waals surface area contributed by atoms with Gasteiger partial charge in [0.15, 0.2) is 0 Å². The van der Waals surface area contributed by atoms with Crippen LogP contribution in [0.3, 0.4) is 0 Å². The molecule has 3 rings (SSSR count). The van der Waals surface area contributed by atoms with Gasteiger partial charge >= 0.3 is 5.97 Å². The van der Waals surface area contributed by atoms with E-state index < -0.39 is 0 Å². The van der Waals surface area contributed by atoms with E-state index in [-0.39, 0.29) is 12.4 Å². The minimum absolute atomic E-state index is 0.139. The molecule has 0 N–H and O–H groups in total. The van der Waals surface area contributed by atoms with Gasteiger partial charge in [-0.15, -0.1) is 10.2 Å². The van der Waals surface area contributed by atoms with Crippen molar-refractivity contribution in [1.82, 2.24) is 10.2 Å². The molecule has 0 atom stereocenters. The highest BCUT2D eigenvalue weighted by atomic mass is 79.9. The number of carbonyl (C=O) groups excluding carboxylic acids is 1. The number of ether oxygens (including phenoxy) is 1. The standard InChI is InChI=1S/C15H10BrClN2O3S/c16-11-7-10(17)1-2-12(11)21-14(20)4-3-13-18-19-15(22-13)9-5-6-23-8-9/h1-2,5-8H,3-4H2. The van der Waals surface area contributed by atoms with E-state index in [1.54, 1.807) is 29.5 Å². The zero-order valence-corrected chi connectivity index (χ0v) is 14.8. The Balaban J connectivity index is 1.57. The Morgan fingerprint density at radius 1 is 1.35 bits per heavy atom. The van der Waals surface area contributed by atoms with Crippen molar-refractivity contribution in [2.75, 3.05) is 0 Å². The average molecular weight is 414 g/mol. The van der Waals surface area contributed by atoms with Crippen LogP contribution < -0.4 is 4.74 Å². The molecule has 2 aromatic heterocycles. The highest BCUT2D eigenvalue weighted by molar-refractivity contribution is 9.10. The van der Waals surface area contributed by atoms with Crippen molar-refractivity contribution in [2.24, 2.45) is 0 Å². The first-order valence-corrected chi connectivity index (χ1v) is 8.74. The van der Waals surface area contributed by atoms with Crippen molar-refractivity contribution in [2.45, 2.75) is 12.8 Å². The molecule has 0 saturated heterocycles. The number of carbonyl (C=O) groups is 1. The minimum Gasteiger partial charge on any atom is -0.425 e. The summed E-state index contributed by atoms with van der Waals surface area (Å²) in [6, 6.07) is 6.84. The summed E-state index contributed by atoms with van der Waals surface area (Å²) in [6.07, 6.45) is 0.460. The molecule has 8 heteroatoms. The molecular weight excluding hydrogens is 404 g/mol. The van der Waals surface area contributed by atoms with Crippen LogP contribution in [0.1, 0.15) is 12.3 Å². The first kappa shape index (κ1) is 16.2. The van der Waals surface area contributed by atoms with Crippen LogP contribution in [-0.2, 0) is 11.2 Å². The maximum Gasteiger partial charge on any atom is 0.311 e. The van der Waals surface area contributed by atoms with E-state index in [4.69, 9.17) is 20.8 Å². The van der Waals surface area contributed by atoms with Gasteiger partial charge in [0.2, 0.25) is 11.8 Å². The lowest BCUT2D eigenvalue weighted by Gasteiger charge is -2.05. The Kier molecular flexibility index (Phi) is 5.09. The molecule has 3 aromatic rings. The summed E-state index contributed by atoms with van der Waals surface area (Å²) in [6.45, 7) is 0. The van der Waals surface area contributed by atoms with Crippen LogP contribution in [0.5, 0.6) is 5.75 Å². The number of hydrogen-bond donors (Lipinski definition) is 0. The molecule has 0 unspecified atom stereocenters. The van der Waals surface area contributed by atoms with Gasteiger partial charge in [-0.3, -0.25) is 4.79 Å². The highest BCUT2D eigenvalue weighted by Crippen LogP contribution is 2.28. The predicted molar refractivity (Wildman–Crippen MR) is 90.7 cm³/mol. The molecule has 0 fully saturated rings. The molecule has 5 nitrogen and oxygen atoms in total. The van der Waals surface area contributed by atoms with E-state index in [2.05, 4.69) is 26.1 Å². The Morgan fingerprint density at radius 3 is 2.96 bits per heavy atom. The highest BCUT2D eigenvalue weighted by Gasteiger charge is 2.13. The summed E-state index contributed by atoms with van der Waals surface area (Å²) in [5, 5.41) is 12.3. The molecule has 0 bridgehead atoms. The first-order chi connectivity index (χ1) is 11.1. The number of halogens is 2. The Labute approximate surface area is 149 Å². The molecule has 118 valence electrons. The van der Waals surface area contributed by atoms with Crippen molar-refractivity contribution in [3.63, 3.8) is 0 Å². The third-order valence-electron chi connectivity index (χ3n) is 2.90. The maximum atomic E-state index is 11.9. The summed E-state index contributed by atoms with van der Waals surface area (Å²) in [5.41, 5.74) is 0.876. The van der Waals surface area contributed by atoms with Gasteiger partial charge < -0.3 is 9.15 Å². The number of rotatable bonds is 5. The van der Waals surface area contributed by atoms with Gasteiger partial charge in [0, 0.05) is 22.4 Å². The van der Waals surface area contributed by atoms with Crippen molar-refractivity contribution >= 4 is 44.8 Å². The maximum absolute atomic E-state index is 11.9. The van der Waals surface area contributed by atoms with Crippen LogP contribution in [0.15, 0.2) is 43.9 Å². The second-order valence-electron chi connectivity index (χ2n) is 4.56. The van der Waals surface area contributed by atoms with Crippen molar-refractivity contribution in [3.8, 4) is 17.2 Å². The van der Waals surface area contributed by atoms with Gasteiger partial charge in [0.05, 0.1) is 10.9 Å². The van der Waals surface area contributed by atoms with Crippen molar-refractivity contribution in [3.05, 3.63) is 50.4 Å². The number of aromatic nitrogens is 2. The van der Waals surface area contributed by atoms with Crippen LogP contribution >= 0.6 is 38.9 Å². The van der Waals surface area contributed by atoms with Gasteiger partial charge in [0.1, 0.15) is 5.75 Å².